The Morgan fingerprint density at radius 1 is 1.18 bits per heavy atom. The topological polar surface area (TPSA) is 74.6 Å². The highest BCUT2D eigenvalue weighted by molar-refractivity contribution is 6.03. The van der Waals surface area contributed by atoms with Crippen molar-refractivity contribution in [3.05, 3.63) is 34.1 Å². The van der Waals surface area contributed by atoms with E-state index >= 15 is 0 Å². The Bertz CT molecular complexity index is 480. The molecule has 0 aliphatic rings. The second-order valence-corrected chi connectivity index (χ2v) is 3.57. The number of hydrogen-bond donors (Lipinski definition) is 2. The first-order valence-electron chi connectivity index (χ1n) is 5.24. The van der Waals surface area contributed by atoms with Crippen LogP contribution in [-0.2, 0) is 12.8 Å². The number of benzene rings is 1. The van der Waals surface area contributed by atoms with Crippen molar-refractivity contribution in [2.75, 3.05) is 0 Å². The van der Waals surface area contributed by atoms with E-state index in [-0.39, 0.29) is 23.1 Å². The number of halogens is 1. The molecule has 1 rings (SSSR count). The maximum Gasteiger partial charge on any atom is 0.336 e. The highest BCUT2D eigenvalue weighted by Crippen LogP contribution is 2.24. The minimum atomic E-state index is -1.42. The summed E-state index contributed by atoms with van der Waals surface area (Å²) >= 11 is 0. The molecule has 0 heterocycles. The molecule has 0 saturated carbocycles. The Balaban J connectivity index is 3.70. The van der Waals surface area contributed by atoms with Crippen molar-refractivity contribution in [1.29, 1.82) is 0 Å². The third-order valence-electron chi connectivity index (χ3n) is 2.62. The van der Waals surface area contributed by atoms with Crippen molar-refractivity contribution in [2.24, 2.45) is 0 Å². The van der Waals surface area contributed by atoms with Gasteiger partial charge < -0.3 is 10.2 Å². The fourth-order valence-corrected chi connectivity index (χ4v) is 1.78. The summed E-state index contributed by atoms with van der Waals surface area (Å²) in [6.45, 7) is 3.28. The van der Waals surface area contributed by atoms with Crippen LogP contribution in [0.4, 0.5) is 4.39 Å². The van der Waals surface area contributed by atoms with Crippen LogP contribution in [0.5, 0.6) is 0 Å². The molecule has 0 fully saturated rings. The van der Waals surface area contributed by atoms with Crippen molar-refractivity contribution in [3.8, 4) is 0 Å². The molecule has 4 nitrogen and oxygen atoms in total. The lowest BCUT2D eigenvalue weighted by Crippen LogP contribution is -2.14. The van der Waals surface area contributed by atoms with E-state index in [0.29, 0.717) is 6.42 Å². The van der Waals surface area contributed by atoms with Crippen LogP contribution in [0.3, 0.4) is 0 Å². The van der Waals surface area contributed by atoms with Gasteiger partial charge >= 0.3 is 11.9 Å². The first-order valence-corrected chi connectivity index (χ1v) is 5.24. The lowest BCUT2D eigenvalue weighted by atomic mass is 9.94. The zero-order valence-electron chi connectivity index (χ0n) is 9.58. The molecular weight excluding hydrogens is 227 g/mol. The average Bonchev–Trinajstić information content (AvgIpc) is 2.27. The van der Waals surface area contributed by atoms with E-state index in [0.717, 1.165) is 6.07 Å². The van der Waals surface area contributed by atoms with Gasteiger partial charge in [-0.2, -0.15) is 0 Å². The van der Waals surface area contributed by atoms with Crippen LogP contribution in [0.2, 0.25) is 0 Å². The molecule has 5 heteroatoms. The first-order chi connectivity index (χ1) is 7.93. The predicted molar refractivity (Wildman–Crippen MR) is 59.1 cm³/mol. The molecule has 0 aromatic heterocycles. The summed E-state index contributed by atoms with van der Waals surface area (Å²) in [5.74, 6) is -3.38. The van der Waals surface area contributed by atoms with E-state index in [1.54, 1.807) is 13.8 Å². The van der Waals surface area contributed by atoms with Gasteiger partial charge in [0.15, 0.2) is 0 Å². The van der Waals surface area contributed by atoms with Crippen LogP contribution in [0.25, 0.3) is 0 Å². The van der Waals surface area contributed by atoms with Gasteiger partial charge in [-0.25, -0.2) is 14.0 Å². The molecule has 92 valence electrons. The highest BCUT2D eigenvalue weighted by Gasteiger charge is 2.24. The number of aryl methyl sites for hydroxylation is 1. The van der Waals surface area contributed by atoms with Gasteiger partial charge in [0.05, 0.1) is 11.1 Å². The fourth-order valence-electron chi connectivity index (χ4n) is 1.78. The summed E-state index contributed by atoms with van der Waals surface area (Å²) in [5, 5.41) is 17.9. The lowest BCUT2D eigenvalue weighted by Gasteiger charge is -2.12. The van der Waals surface area contributed by atoms with Crippen molar-refractivity contribution in [2.45, 2.75) is 26.7 Å². The number of carboxylic acid groups (broad SMARTS) is 2. The van der Waals surface area contributed by atoms with E-state index < -0.39 is 23.3 Å². The Morgan fingerprint density at radius 2 is 1.76 bits per heavy atom. The minimum absolute atomic E-state index is 0.0470. The smallest absolute Gasteiger partial charge is 0.336 e. The molecule has 1 aromatic rings. The number of rotatable bonds is 4. The number of carbonyl (C=O) groups is 2. The van der Waals surface area contributed by atoms with Crippen molar-refractivity contribution in [1.82, 2.24) is 0 Å². The Morgan fingerprint density at radius 3 is 2.12 bits per heavy atom. The lowest BCUT2D eigenvalue weighted by molar-refractivity contribution is 0.0649. The van der Waals surface area contributed by atoms with Gasteiger partial charge in [0, 0.05) is 5.56 Å². The van der Waals surface area contributed by atoms with Gasteiger partial charge in [-0.05, 0) is 24.5 Å². The van der Waals surface area contributed by atoms with E-state index in [2.05, 4.69) is 0 Å². The molecule has 0 saturated heterocycles. The molecule has 0 aliphatic carbocycles. The molecule has 0 amide bonds. The third kappa shape index (κ3) is 2.27. The Kier molecular flexibility index (Phi) is 3.83. The van der Waals surface area contributed by atoms with E-state index in [1.807, 2.05) is 0 Å². The molecule has 0 spiro atoms. The fraction of sp³-hybridized carbons (Fsp3) is 0.333. The standard InChI is InChI=1S/C12H13FO4/c1-3-6-5-8(11(14)15)9(12(16)17)7(4-2)10(6)13/h5H,3-4H2,1-2H3,(H,14,15)(H,16,17). The summed E-state index contributed by atoms with van der Waals surface area (Å²) in [7, 11) is 0. The monoisotopic (exact) mass is 240 g/mol. The average molecular weight is 240 g/mol. The first kappa shape index (κ1) is 13.2. The van der Waals surface area contributed by atoms with Crippen LogP contribution < -0.4 is 0 Å². The maximum absolute atomic E-state index is 13.9. The van der Waals surface area contributed by atoms with Gasteiger partial charge in [0.1, 0.15) is 5.82 Å². The zero-order valence-corrected chi connectivity index (χ0v) is 9.58. The van der Waals surface area contributed by atoms with Crippen LogP contribution >= 0.6 is 0 Å². The minimum Gasteiger partial charge on any atom is -0.478 e. The van der Waals surface area contributed by atoms with Crippen molar-refractivity contribution in [3.63, 3.8) is 0 Å². The summed E-state index contributed by atoms with van der Waals surface area (Å²) < 4.78 is 13.9. The molecule has 0 radical (unpaired) electrons. The predicted octanol–water partition coefficient (Wildman–Crippen LogP) is 2.35. The number of carboxylic acids is 2. The van der Waals surface area contributed by atoms with Gasteiger partial charge in [-0.15, -0.1) is 0 Å². The second-order valence-electron chi connectivity index (χ2n) is 3.57. The molecule has 1 aromatic carbocycles. The molecule has 0 unspecified atom stereocenters. The molecule has 0 atom stereocenters. The summed E-state index contributed by atoms with van der Waals surface area (Å²) in [6, 6.07) is 1.10. The SMILES string of the molecule is CCc1cc(C(=O)O)c(C(=O)O)c(CC)c1F. The molecule has 0 bridgehead atoms. The number of hydrogen-bond acceptors (Lipinski definition) is 2. The summed E-state index contributed by atoms with van der Waals surface area (Å²) in [4.78, 5) is 22.0. The van der Waals surface area contributed by atoms with Gasteiger partial charge in [-0.3, -0.25) is 0 Å². The summed E-state index contributed by atoms with van der Waals surface area (Å²) in [5.41, 5.74) is -0.624. The summed E-state index contributed by atoms with van der Waals surface area (Å²) in [6.07, 6.45) is 0.459. The molecule has 2 N–H and O–H groups in total. The van der Waals surface area contributed by atoms with Crippen LogP contribution in [0, 0.1) is 5.82 Å². The van der Waals surface area contributed by atoms with E-state index in [4.69, 9.17) is 10.2 Å². The van der Waals surface area contributed by atoms with Gasteiger partial charge in [-0.1, -0.05) is 13.8 Å². The maximum atomic E-state index is 13.9. The normalized spacial score (nSPS) is 10.3. The van der Waals surface area contributed by atoms with Gasteiger partial charge in [0.2, 0.25) is 0 Å². The van der Waals surface area contributed by atoms with E-state index in [1.165, 1.54) is 0 Å². The molecule has 17 heavy (non-hydrogen) atoms. The van der Waals surface area contributed by atoms with Crippen LogP contribution in [0.15, 0.2) is 6.07 Å². The quantitative estimate of drug-likeness (QED) is 0.847. The molecule has 0 aliphatic heterocycles. The van der Waals surface area contributed by atoms with Crippen LogP contribution in [-0.4, -0.2) is 22.2 Å². The second kappa shape index (κ2) is 4.95. The van der Waals surface area contributed by atoms with Gasteiger partial charge in [0.25, 0.3) is 0 Å². The largest absolute Gasteiger partial charge is 0.478 e. The molecular formula is C12H13FO4. The van der Waals surface area contributed by atoms with Crippen LogP contribution in [0.1, 0.15) is 45.7 Å². The highest BCUT2D eigenvalue weighted by atomic mass is 19.1. The van der Waals surface area contributed by atoms with Crippen molar-refractivity contribution < 1.29 is 24.2 Å². The zero-order chi connectivity index (χ0) is 13.2. The van der Waals surface area contributed by atoms with E-state index in [9.17, 15) is 14.0 Å². The Hall–Kier alpha value is -1.91. The van der Waals surface area contributed by atoms with Crippen molar-refractivity contribution >= 4 is 11.9 Å². The number of aromatic carboxylic acids is 2. The Labute approximate surface area is 97.7 Å². The third-order valence-corrected chi connectivity index (χ3v) is 2.62.